The third kappa shape index (κ3) is 6.38. The van der Waals surface area contributed by atoms with Crippen LogP contribution >= 0.6 is 0 Å². The molecule has 1 heterocycles. The summed E-state index contributed by atoms with van der Waals surface area (Å²) in [6.07, 6.45) is -3.00. The highest BCUT2D eigenvalue weighted by Gasteiger charge is 2.27. The fourth-order valence-corrected chi connectivity index (χ4v) is 2.09. The molecule has 0 fully saturated rings. The van der Waals surface area contributed by atoms with E-state index in [4.69, 9.17) is 0 Å². The van der Waals surface area contributed by atoms with E-state index < -0.39 is 12.8 Å². The average Bonchev–Trinajstić information content (AvgIpc) is 2.62. The standard InChI is InChI=1S/C13H22F3N3O/c1-4-17-11(5-6-20-9-13(14,15)16)8-12-7-10(2)18-19(12)3/h7,11,17H,4-6,8-9H2,1-3H3. The number of halogens is 3. The lowest BCUT2D eigenvalue weighted by molar-refractivity contribution is -0.174. The number of rotatable bonds is 8. The van der Waals surface area contributed by atoms with Crippen LogP contribution in [-0.4, -0.2) is 41.8 Å². The van der Waals surface area contributed by atoms with Gasteiger partial charge < -0.3 is 10.1 Å². The number of ether oxygens (including phenoxy) is 1. The highest BCUT2D eigenvalue weighted by atomic mass is 19.4. The van der Waals surface area contributed by atoms with Crippen molar-refractivity contribution < 1.29 is 17.9 Å². The molecule has 1 aromatic rings. The first-order valence-corrected chi connectivity index (χ1v) is 6.69. The van der Waals surface area contributed by atoms with Crippen LogP contribution < -0.4 is 5.32 Å². The number of alkyl halides is 3. The van der Waals surface area contributed by atoms with Crippen LogP contribution in [0.5, 0.6) is 0 Å². The fraction of sp³-hybridized carbons (Fsp3) is 0.769. The molecular weight excluding hydrogens is 271 g/mol. The molecule has 4 nitrogen and oxygen atoms in total. The molecule has 1 atom stereocenters. The van der Waals surface area contributed by atoms with Gasteiger partial charge in [-0.15, -0.1) is 0 Å². The van der Waals surface area contributed by atoms with E-state index in [0.717, 1.165) is 24.4 Å². The molecule has 20 heavy (non-hydrogen) atoms. The van der Waals surface area contributed by atoms with Gasteiger partial charge in [0.25, 0.3) is 0 Å². The van der Waals surface area contributed by atoms with E-state index in [1.165, 1.54) is 0 Å². The highest BCUT2D eigenvalue weighted by Crippen LogP contribution is 2.15. The number of aromatic nitrogens is 2. The van der Waals surface area contributed by atoms with Crippen molar-refractivity contribution in [1.29, 1.82) is 0 Å². The SMILES string of the molecule is CCNC(CCOCC(F)(F)F)Cc1cc(C)nn1C. The van der Waals surface area contributed by atoms with Crippen molar-refractivity contribution >= 4 is 0 Å². The Morgan fingerprint density at radius 1 is 1.45 bits per heavy atom. The van der Waals surface area contributed by atoms with Crippen LogP contribution in [0.4, 0.5) is 13.2 Å². The largest absolute Gasteiger partial charge is 0.411 e. The maximum atomic E-state index is 12.0. The van der Waals surface area contributed by atoms with Gasteiger partial charge >= 0.3 is 6.18 Å². The summed E-state index contributed by atoms with van der Waals surface area (Å²) >= 11 is 0. The molecule has 1 N–H and O–H groups in total. The monoisotopic (exact) mass is 293 g/mol. The lowest BCUT2D eigenvalue weighted by Gasteiger charge is -2.18. The summed E-state index contributed by atoms with van der Waals surface area (Å²) < 4.78 is 42.4. The van der Waals surface area contributed by atoms with E-state index in [0.29, 0.717) is 6.42 Å². The first-order chi connectivity index (χ1) is 9.31. The number of nitrogens with one attached hydrogen (secondary N) is 1. The second-order valence-corrected chi connectivity index (χ2v) is 4.82. The van der Waals surface area contributed by atoms with Gasteiger partial charge in [-0.3, -0.25) is 4.68 Å². The molecule has 1 unspecified atom stereocenters. The second-order valence-electron chi connectivity index (χ2n) is 4.82. The molecule has 7 heteroatoms. The minimum absolute atomic E-state index is 0.0861. The second kappa shape index (κ2) is 7.64. The van der Waals surface area contributed by atoms with Gasteiger partial charge in [0, 0.05) is 31.8 Å². The van der Waals surface area contributed by atoms with E-state index in [1.807, 2.05) is 27.0 Å². The predicted molar refractivity (Wildman–Crippen MR) is 70.6 cm³/mol. The smallest absolute Gasteiger partial charge is 0.372 e. The molecular formula is C13H22F3N3O. The summed E-state index contributed by atoms with van der Waals surface area (Å²) in [5.74, 6) is 0. The zero-order chi connectivity index (χ0) is 15.2. The van der Waals surface area contributed by atoms with Crippen LogP contribution in [0.2, 0.25) is 0 Å². The summed E-state index contributed by atoms with van der Waals surface area (Å²) in [5.41, 5.74) is 2.00. The predicted octanol–water partition coefficient (Wildman–Crippen LogP) is 2.22. The van der Waals surface area contributed by atoms with E-state index in [1.54, 1.807) is 4.68 Å². The lowest BCUT2D eigenvalue weighted by atomic mass is 10.1. The molecule has 1 aromatic heterocycles. The van der Waals surface area contributed by atoms with Crippen LogP contribution in [0, 0.1) is 6.92 Å². The van der Waals surface area contributed by atoms with Crippen LogP contribution in [0.15, 0.2) is 6.07 Å². The van der Waals surface area contributed by atoms with Gasteiger partial charge in [-0.1, -0.05) is 6.92 Å². The van der Waals surface area contributed by atoms with Crippen LogP contribution in [0.1, 0.15) is 24.7 Å². The Balaban J connectivity index is 2.42. The molecule has 116 valence electrons. The number of hydrogen-bond donors (Lipinski definition) is 1. The Bertz CT molecular complexity index is 404. The van der Waals surface area contributed by atoms with Crippen molar-refractivity contribution in [2.45, 2.75) is 38.9 Å². The summed E-state index contributed by atoms with van der Waals surface area (Å²) in [6.45, 7) is 3.56. The molecule has 0 aliphatic heterocycles. The lowest BCUT2D eigenvalue weighted by Crippen LogP contribution is -2.33. The molecule has 0 aliphatic rings. The fourth-order valence-electron chi connectivity index (χ4n) is 2.09. The third-order valence-corrected chi connectivity index (χ3v) is 2.92. The Morgan fingerprint density at radius 3 is 2.65 bits per heavy atom. The van der Waals surface area contributed by atoms with Gasteiger partial charge in [-0.05, 0) is 26.0 Å². The number of nitrogens with zero attached hydrogens (tertiary/aromatic N) is 2. The zero-order valence-electron chi connectivity index (χ0n) is 12.1. The first kappa shape index (κ1) is 17.0. The van der Waals surface area contributed by atoms with Gasteiger partial charge in [-0.25, -0.2) is 0 Å². The van der Waals surface area contributed by atoms with E-state index >= 15 is 0 Å². The first-order valence-electron chi connectivity index (χ1n) is 6.69. The highest BCUT2D eigenvalue weighted by molar-refractivity contribution is 5.10. The molecule has 0 radical (unpaired) electrons. The Morgan fingerprint density at radius 2 is 2.15 bits per heavy atom. The summed E-state index contributed by atoms with van der Waals surface area (Å²) in [7, 11) is 1.87. The third-order valence-electron chi connectivity index (χ3n) is 2.92. The quantitative estimate of drug-likeness (QED) is 0.747. The maximum absolute atomic E-state index is 12.0. The van der Waals surface area contributed by atoms with Gasteiger partial charge in [0.15, 0.2) is 0 Å². The normalized spacial score (nSPS) is 13.7. The molecule has 1 rings (SSSR count). The Hall–Kier alpha value is -1.08. The van der Waals surface area contributed by atoms with Crippen molar-refractivity contribution in [2.24, 2.45) is 7.05 Å². The van der Waals surface area contributed by atoms with Crippen LogP contribution in [0.25, 0.3) is 0 Å². The van der Waals surface area contributed by atoms with Crippen molar-refractivity contribution in [3.63, 3.8) is 0 Å². The minimum atomic E-state index is -4.26. The Kier molecular flexibility index (Phi) is 6.48. The van der Waals surface area contributed by atoms with Gasteiger partial charge in [-0.2, -0.15) is 18.3 Å². The molecule has 0 aliphatic carbocycles. The van der Waals surface area contributed by atoms with Crippen LogP contribution in [0.3, 0.4) is 0 Å². The van der Waals surface area contributed by atoms with E-state index in [2.05, 4.69) is 15.2 Å². The Labute approximate surface area is 117 Å². The maximum Gasteiger partial charge on any atom is 0.411 e. The summed E-state index contributed by atoms with van der Waals surface area (Å²) in [6, 6.07) is 2.07. The van der Waals surface area contributed by atoms with Crippen LogP contribution in [-0.2, 0) is 18.2 Å². The van der Waals surface area contributed by atoms with Crippen molar-refractivity contribution in [2.75, 3.05) is 19.8 Å². The summed E-state index contributed by atoms with van der Waals surface area (Å²) in [4.78, 5) is 0. The molecule has 0 amide bonds. The minimum Gasteiger partial charge on any atom is -0.372 e. The molecule has 0 bridgehead atoms. The topological polar surface area (TPSA) is 39.1 Å². The van der Waals surface area contributed by atoms with E-state index in [9.17, 15) is 13.2 Å². The van der Waals surface area contributed by atoms with Gasteiger partial charge in [0.05, 0.1) is 5.69 Å². The average molecular weight is 293 g/mol. The molecule has 0 saturated carbocycles. The molecule has 0 spiro atoms. The molecule has 0 aromatic carbocycles. The number of hydrogen-bond acceptors (Lipinski definition) is 3. The van der Waals surface area contributed by atoms with Crippen molar-refractivity contribution in [3.05, 3.63) is 17.5 Å². The van der Waals surface area contributed by atoms with Gasteiger partial charge in [0.2, 0.25) is 0 Å². The van der Waals surface area contributed by atoms with E-state index in [-0.39, 0.29) is 12.6 Å². The van der Waals surface area contributed by atoms with Crippen molar-refractivity contribution in [3.8, 4) is 0 Å². The number of likely N-dealkylation sites (N-methyl/N-ethyl adjacent to an activating group) is 1. The van der Waals surface area contributed by atoms with Gasteiger partial charge in [0.1, 0.15) is 6.61 Å². The zero-order valence-corrected chi connectivity index (χ0v) is 12.1. The number of aryl methyl sites for hydroxylation is 2. The summed E-state index contributed by atoms with van der Waals surface area (Å²) in [5, 5.41) is 7.52. The van der Waals surface area contributed by atoms with Crippen molar-refractivity contribution in [1.82, 2.24) is 15.1 Å². The molecule has 0 saturated heterocycles.